The first kappa shape index (κ1) is 22.5. The summed E-state index contributed by atoms with van der Waals surface area (Å²) >= 11 is 6.08. The summed E-state index contributed by atoms with van der Waals surface area (Å²) in [7, 11) is 0. The van der Waals surface area contributed by atoms with E-state index in [-0.39, 0.29) is 24.7 Å². The number of ether oxygens (including phenoxy) is 1. The van der Waals surface area contributed by atoms with Crippen molar-refractivity contribution in [1.29, 1.82) is 0 Å². The van der Waals surface area contributed by atoms with Crippen LogP contribution in [0, 0.1) is 26.6 Å². The molecule has 2 aromatic carbocycles. The van der Waals surface area contributed by atoms with Crippen molar-refractivity contribution in [2.75, 3.05) is 5.32 Å². The normalized spacial score (nSPS) is 10.9. The first-order valence-corrected chi connectivity index (χ1v) is 10.6. The van der Waals surface area contributed by atoms with Crippen molar-refractivity contribution < 1.29 is 18.4 Å². The first-order chi connectivity index (χ1) is 15.8. The number of anilines is 1. The van der Waals surface area contributed by atoms with Crippen molar-refractivity contribution in [3.63, 3.8) is 0 Å². The molecule has 0 atom stereocenters. The summed E-state index contributed by atoms with van der Waals surface area (Å²) < 4.78 is 26.7. The van der Waals surface area contributed by atoms with Crippen molar-refractivity contribution in [2.45, 2.75) is 33.9 Å². The van der Waals surface area contributed by atoms with E-state index in [0.29, 0.717) is 21.9 Å². The van der Waals surface area contributed by atoms with Crippen molar-refractivity contribution in [2.24, 2.45) is 0 Å². The number of nitrogens with one attached hydrogen (secondary N) is 1. The van der Waals surface area contributed by atoms with E-state index in [9.17, 15) is 9.18 Å². The Morgan fingerprint density at radius 1 is 1.12 bits per heavy atom. The summed E-state index contributed by atoms with van der Waals surface area (Å²) in [4.78, 5) is 12.8. The number of benzene rings is 2. The highest BCUT2D eigenvalue weighted by Gasteiger charge is 2.22. The number of carbonyl (C=O) groups excluding carboxylic acids is 1. The van der Waals surface area contributed by atoms with E-state index in [2.05, 4.69) is 15.6 Å². The molecule has 9 heteroatoms. The highest BCUT2D eigenvalue weighted by atomic mass is 35.5. The van der Waals surface area contributed by atoms with Crippen molar-refractivity contribution in [3.8, 4) is 5.75 Å². The molecule has 170 valence electrons. The zero-order chi connectivity index (χ0) is 23.5. The number of aryl methyl sites for hydroxylation is 3. The van der Waals surface area contributed by atoms with Crippen LogP contribution in [-0.4, -0.2) is 20.8 Å². The van der Waals surface area contributed by atoms with Crippen LogP contribution in [0.15, 0.2) is 53.2 Å². The second kappa shape index (κ2) is 9.46. The zero-order valence-corrected chi connectivity index (χ0v) is 19.1. The lowest BCUT2D eigenvalue weighted by atomic mass is 10.1. The number of rotatable bonds is 7. The highest BCUT2D eigenvalue weighted by Crippen LogP contribution is 2.25. The minimum atomic E-state index is -0.485. The van der Waals surface area contributed by atoms with Crippen LogP contribution in [0.2, 0.25) is 5.02 Å². The molecular formula is C24H22ClFN4O3. The van der Waals surface area contributed by atoms with Crippen LogP contribution in [0.25, 0.3) is 0 Å². The van der Waals surface area contributed by atoms with Crippen molar-refractivity contribution >= 4 is 23.3 Å². The van der Waals surface area contributed by atoms with Gasteiger partial charge in [0.1, 0.15) is 23.9 Å². The molecule has 0 aliphatic rings. The zero-order valence-electron chi connectivity index (χ0n) is 18.4. The van der Waals surface area contributed by atoms with Crippen LogP contribution in [0.4, 0.5) is 10.2 Å². The highest BCUT2D eigenvalue weighted by molar-refractivity contribution is 6.31. The van der Waals surface area contributed by atoms with Gasteiger partial charge in [-0.15, -0.1) is 0 Å². The lowest BCUT2D eigenvalue weighted by Gasteiger charge is -2.12. The number of carbonyl (C=O) groups is 1. The molecule has 33 heavy (non-hydrogen) atoms. The van der Waals surface area contributed by atoms with Crippen LogP contribution in [0.1, 0.15) is 38.5 Å². The van der Waals surface area contributed by atoms with Gasteiger partial charge in [0.15, 0.2) is 11.5 Å². The molecule has 0 spiro atoms. The van der Waals surface area contributed by atoms with E-state index in [1.54, 1.807) is 25.3 Å². The summed E-state index contributed by atoms with van der Waals surface area (Å²) in [6, 6.07) is 12.0. The topological polar surface area (TPSA) is 82.2 Å². The Balaban J connectivity index is 1.47. The smallest absolute Gasteiger partial charge is 0.279 e. The van der Waals surface area contributed by atoms with Crippen LogP contribution >= 0.6 is 11.6 Å². The molecule has 4 aromatic rings. The van der Waals surface area contributed by atoms with Gasteiger partial charge in [-0.2, -0.15) is 5.10 Å². The third-order valence-corrected chi connectivity index (χ3v) is 5.59. The monoisotopic (exact) mass is 468 g/mol. The van der Waals surface area contributed by atoms with Crippen molar-refractivity contribution in [1.82, 2.24) is 14.9 Å². The standard InChI is InChI=1S/C24H22ClFN4O3/c1-14-6-4-7-15(2)23(14)32-13-18-16(3)33-29-22(18)24(31)27-21-10-11-30(28-21)12-17-19(25)8-5-9-20(17)26/h4-11H,12-13H2,1-3H3,(H,27,28,31). The lowest BCUT2D eigenvalue weighted by molar-refractivity contribution is 0.101. The minimum absolute atomic E-state index is 0.116. The molecule has 0 aliphatic heterocycles. The van der Waals surface area contributed by atoms with E-state index in [1.165, 1.54) is 16.8 Å². The van der Waals surface area contributed by atoms with Gasteiger partial charge in [-0.05, 0) is 44.0 Å². The molecule has 0 fully saturated rings. The van der Waals surface area contributed by atoms with Gasteiger partial charge in [0.2, 0.25) is 0 Å². The molecule has 0 saturated heterocycles. The quantitative estimate of drug-likeness (QED) is 0.389. The van der Waals surface area contributed by atoms with Gasteiger partial charge in [-0.1, -0.05) is 41.0 Å². The minimum Gasteiger partial charge on any atom is -0.488 e. The Morgan fingerprint density at radius 3 is 2.58 bits per heavy atom. The number of aromatic nitrogens is 3. The van der Waals surface area contributed by atoms with E-state index < -0.39 is 11.7 Å². The van der Waals surface area contributed by atoms with Crippen LogP contribution in [0.3, 0.4) is 0 Å². The van der Waals surface area contributed by atoms with E-state index >= 15 is 0 Å². The summed E-state index contributed by atoms with van der Waals surface area (Å²) in [6.07, 6.45) is 1.62. The Kier molecular flexibility index (Phi) is 6.46. The number of para-hydroxylation sites is 1. The molecule has 1 N–H and O–H groups in total. The molecule has 2 aromatic heterocycles. The van der Waals surface area contributed by atoms with E-state index in [0.717, 1.165) is 16.9 Å². The lowest BCUT2D eigenvalue weighted by Crippen LogP contribution is -2.16. The predicted octanol–water partition coefficient (Wildman–Crippen LogP) is 5.47. The SMILES string of the molecule is Cc1cccc(C)c1OCc1c(C(=O)Nc2ccn(Cc3c(F)cccc3Cl)n2)noc1C. The molecule has 0 aliphatic carbocycles. The van der Waals surface area contributed by atoms with Crippen LogP contribution in [-0.2, 0) is 13.2 Å². The predicted molar refractivity (Wildman–Crippen MR) is 122 cm³/mol. The molecule has 0 radical (unpaired) electrons. The molecule has 1 amide bonds. The molecule has 0 saturated carbocycles. The molecule has 0 unspecified atom stereocenters. The third kappa shape index (κ3) is 4.90. The van der Waals surface area contributed by atoms with E-state index in [4.69, 9.17) is 20.9 Å². The molecule has 2 heterocycles. The fourth-order valence-corrected chi connectivity index (χ4v) is 3.67. The molecular weight excluding hydrogens is 447 g/mol. The van der Waals surface area contributed by atoms with E-state index in [1.807, 2.05) is 32.0 Å². The average Bonchev–Trinajstić information content (AvgIpc) is 3.36. The van der Waals surface area contributed by atoms with Gasteiger partial charge < -0.3 is 14.6 Å². The second-order valence-corrected chi connectivity index (χ2v) is 8.04. The largest absolute Gasteiger partial charge is 0.488 e. The first-order valence-electron chi connectivity index (χ1n) is 10.3. The number of hydrogen-bond acceptors (Lipinski definition) is 5. The maximum atomic E-state index is 14.0. The number of amides is 1. The van der Waals surface area contributed by atoms with Crippen LogP contribution < -0.4 is 10.1 Å². The summed E-state index contributed by atoms with van der Waals surface area (Å²) in [5.41, 5.74) is 2.97. The number of nitrogens with zero attached hydrogens (tertiary/aromatic N) is 3. The Bertz CT molecular complexity index is 1270. The molecule has 0 bridgehead atoms. The Hall–Kier alpha value is -3.65. The maximum absolute atomic E-state index is 14.0. The summed E-state index contributed by atoms with van der Waals surface area (Å²) in [6.45, 7) is 5.89. The molecule has 7 nitrogen and oxygen atoms in total. The average molecular weight is 469 g/mol. The van der Waals surface area contributed by atoms with Gasteiger partial charge in [-0.3, -0.25) is 9.48 Å². The fourth-order valence-electron chi connectivity index (χ4n) is 3.45. The summed E-state index contributed by atoms with van der Waals surface area (Å²) in [5, 5.41) is 11.2. The fraction of sp³-hybridized carbons (Fsp3) is 0.208. The summed E-state index contributed by atoms with van der Waals surface area (Å²) in [5.74, 6) is 0.632. The van der Waals surface area contributed by atoms with Gasteiger partial charge in [0, 0.05) is 22.8 Å². The maximum Gasteiger partial charge on any atom is 0.279 e. The third-order valence-electron chi connectivity index (χ3n) is 5.23. The van der Waals surface area contributed by atoms with Crippen LogP contribution in [0.5, 0.6) is 5.75 Å². The van der Waals surface area contributed by atoms with Gasteiger partial charge in [0.25, 0.3) is 5.91 Å². The number of halogens is 2. The second-order valence-electron chi connectivity index (χ2n) is 7.63. The van der Waals surface area contributed by atoms with Gasteiger partial charge in [0.05, 0.1) is 12.1 Å². The number of hydrogen-bond donors (Lipinski definition) is 1. The Labute approximate surface area is 195 Å². The van der Waals surface area contributed by atoms with Gasteiger partial charge in [-0.25, -0.2) is 4.39 Å². The molecule has 4 rings (SSSR count). The van der Waals surface area contributed by atoms with Crippen molar-refractivity contribution in [3.05, 3.63) is 93.2 Å². The Morgan fingerprint density at radius 2 is 1.85 bits per heavy atom. The van der Waals surface area contributed by atoms with Gasteiger partial charge >= 0.3 is 0 Å².